The van der Waals surface area contributed by atoms with Crippen LogP contribution in [0.25, 0.3) is 22.6 Å². The van der Waals surface area contributed by atoms with Crippen molar-refractivity contribution in [2.75, 3.05) is 0 Å². The predicted octanol–water partition coefficient (Wildman–Crippen LogP) is 2.60. The first-order chi connectivity index (χ1) is 8.95. The highest BCUT2D eigenvalue weighted by Gasteiger charge is 2.10. The van der Waals surface area contributed by atoms with Gasteiger partial charge in [0.05, 0.1) is 17.6 Å². The maximum absolute atomic E-state index is 4.34. The maximum atomic E-state index is 4.34. The average molecular weight is 234 g/mol. The number of rotatable bonds is 2. The van der Waals surface area contributed by atoms with E-state index in [2.05, 4.69) is 20.2 Å². The van der Waals surface area contributed by atoms with Gasteiger partial charge in [-0.05, 0) is 30.3 Å². The van der Waals surface area contributed by atoms with Crippen LogP contribution in [0, 0.1) is 0 Å². The molecule has 0 spiro atoms. The van der Waals surface area contributed by atoms with Gasteiger partial charge in [0.2, 0.25) is 0 Å². The van der Waals surface area contributed by atoms with Gasteiger partial charge in [-0.1, -0.05) is 12.1 Å². The van der Waals surface area contributed by atoms with Crippen molar-refractivity contribution in [2.24, 2.45) is 0 Å². The van der Waals surface area contributed by atoms with E-state index in [-0.39, 0.29) is 0 Å². The Hall–Kier alpha value is -2.62. The van der Waals surface area contributed by atoms with Crippen molar-refractivity contribution in [1.29, 1.82) is 0 Å². The molecule has 0 aromatic carbocycles. The van der Waals surface area contributed by atoms with E-state index in [4.69, 9.17) is 0 Å². The summed E-state index contributed by atoms with van der Waals surface area (Å²) in [7, 11) is 0. The molecule has 0 N–H and O–H groups in total. The first kappa shape index (κ1) is 10.5. The molecule has 0 amide bonds. The Morgan fingerprint density at radius 1 is 0.667 bits per heavy atom. The first-order valence-corrected chi connectivity index (χ1v) is 5.59. The van der Waals surface area contributed by atoms with Crippen LogP contribution in [-0.4, -0.2) is 20.2 Å². The molecule has 86 valence electrons. The normalized spacial score (nSPS) is 10.2. The number of hydrogen-bond donors (Lipinski definition) is 0. The van der Waals surface area contributed by atoms with Gasteiger partial charge in [-0.2, -0.15) is 5.10 Å². The van der Waals surface area contributed by atoms with Gasteiger partial charge in [-0.15, -0.1) is 5.10 Å². The molecule has 4 nitrogen and oxygen atoms in total. The van der Waals surface area contributed by atoms with E-state index in [0.717, 1.165) is 22.6 Å². The van der Waals surface area contributed by atoms with Crippen LogP contribution in [0.4, 0.5) is 0 Å². The van der Waals surface area contributed by atoms with Gasteiger partial charge in [0.1, 0.15) is 5.69 Å². The number of aromatic nitrogens is 4. The van der Waals surface area contributed by atoms with Crippen molar-refractivity contribution in [3.8, 4) is 22.6 Å². The van der Waals surface area contributed by atoms with Crippen LogP contribution in [0.5, 0.6) is 0 Å². The smallest absolute Gasteiger partial charge is 0.121 e. The van der Waals surface area contributed by atoms with Crippen molar-refractivity contribution >= 4 is 0 Å². The van der Waals surface area contributed by atoms with Gasteiger partial charge in [0.25, 0.3) is 0 Å². The minimum absolute atomic E-state index is 0.747. The van der Waals surface area contributed by atoms with Crippen LogP contribution in [0.3, 0.4) is 0 Å². The minimum Gasteiger partial charge on any atom is -0.256 e. The van der Waals surface area contributed by atoms with E-state index in [0.29, 0.717) is 0 Å². The van der Waals surface area contributed by atoms with Crippen LogP contribution in [0.15, 0.2) is 61.1 Å². The molecular weight excluding hydrogens is 224 g/mol. The molecular formula is C14H10N4. The molecule has 3 aromatic rings. The second kappa shape index (κ2) is 4.71. The largest absolute Gasteiger partial charge is 0.256 e. The molecule has 0 atom stereocenters. The second-order valence-corrected chi connectivity index (χ2v) is 3.72. The first-order valence-electron chi connectivity index (χ1n) is 5.59. The lowest BCUT2D eigenvalue weighted by molar-refractivity contribution is 1.03. The van der Waals surface area contributed by atoms with Crippen LogP contribution in [0.2, 0.25) is 0 Å². The molecule has 0 radical (unpaired) electrons. The van der Waals surface area contributed by atoms with Crippen LogP contribution in [-0.2, 0) is 0 Å². The van der Waals surface area contributed by atoms with Crippen LogP contribution < -0.4 is 0 Å². The molecule has 0 aliphatic carbocycles. The van der Waals surface area contributed by atoms with Crippen molar-refractivity contribution in [1.82, 2.24) is 20.2 Å². The van der Waals surface area contributed by atoms with Gasteiger partial charge >= 0.3 is 0 Å². The zero-order chi connectivity index (χ0) is 12.2. The summed E-state index contributed by atoms with van der Waals surface area (Å²) in [5.41, 5.74) is 3.35. The average Bonchev–Trinajstić information content (AvgIpc) is 2.49. The standard InChI is InChI=1S/C14H10N4/c1-3-8-15-12(5-1)11-7-10-17-18-14(11)13-6-2-4-9-16-13/h1-10H. The van der Waals surface area contributed by atoms with Crippen LogP contribution in [0.1, 0.15) is 0 Å². The third-order valence-electron chi connectivity index (χ3n) is 2.57. The van der Waals surface area contributed by atoms with Gasteiger partial charge in [-0.3, -0.25) is 9.97 Å². The molecule has 0 saturated carbocycles. The Balaban J connectivity index is 2.18. The molecule has 3 aromatic heterocycles. The lowest BCUT2D eigenvalue weighted by Gasteiger charge is -2.05. The fourth-order valence-corrected chi connectivity index (χ4v) is 1.75. The maximum Gasteiger partial charge on any atom is 0.121 e. The molecule has 18 heavy (non-hydrogen) atoms. The summed E-state index contributed by atoms with van der Waals surface area (Å²) in [5, 5.41) is 8.10. The topological polar surface area (TPSA) is 51.6 Å². The Labute approximate surface area is 104 Å². The predicted molar refractivity (Wildman–Crippen MR) is 68.5 cm³/mol. The zero-order valence-corrected chi connectivity index (χ0v) is 9.56. The number of nitrogens with zero attached hydrogens (tertiary/aromatic N) is 4. The lowest BCUT2D eigenvalue weighted by Crippen LogP contribution is -1.94. The molecule has 3 heterocycles. The van der Waals surface area contributed by atoms with Crippen LogP contribution >= 0.6 is 0 Å². The highest BCUT2D eigenvalue weighted by molar-refractivity contribution is 5.76. The van der Waals surface area contributed by atoms with Gasteiger partial charge in [0, 0.05) is 18.0 Å². The monoisotopic (exact) mass is 234 g/mol. The van der Waals surface area contributed by atoms with E-state index >= 15 is 0 Å². The summed E-state index contributed by atoms with van der Waals surface area (Å²) >= 11 is 0. The Kier molecular flexibility index (Phi) is 2.75. The molecule has 3 rings (SSSR count). The van der Waals surface area contributed by atoms with Crippen molar-refractivity contribution in [3.05, 3.63) is 61.1 Å². The van der Waals surface area contributed by atoms with Crippen molar-refractivity contribution < 1.29 is 0 Å². The Morgan fingerprint density at radius 2 is 1.39 bits per heavy atom. The third kappa shape index (κ3) is 1.96. The van der Waals surface area contributed by atoms with E-state index in [9.17, 15) is 0 Å². The number of hydrogen-bond acceptors (Lipinski definition) is 4. The summed E-state index contributed by atoms with van der Waals surface area (Å²) in [5.74, 6) is 0. The molecule has 0 aliphatic heterocycles. The summed E-state index contributed by atoms with van der Waals surface area (Å²) in [6, 6.07) is 13.4. The highest BCUT2D eigenvalue weighted by atomic mass is 15.1. The molecule has 0 fully saturated rings. The Bertz CT molecular complexity index is 580. The van der Waals surface area contributed by atoms with Crippen molar-refractivity contribution in [2.45, 2.75) is 0 Å². The van der Waals surface area contributed by atoms with E-state index in [1.807, 2.05) is 42.5 Å². The Morgan fingerprint density at radius 3 is 2.06 bits per heavy atom. The molecule has 0 bridgehead atoms. The zero-order valence-electron chi connectivity index (χ0n) is 9.56. The van der Waals surface area contributed by atoms with Gasteiger partial charge < -0.3 is 0 Å². The van der Waals surface area contributed by atoms with Crippen molar-refractivity contribution in [3.63, 3.8) is 0 Å². The number of pyridine rings is 2. The molecule has 4 heteroatoms. The van der Waals surface area contributed by atoms with E-state index in [1.54, 1.807) is 18.6 Å². The quantitative estimate of drug-likeness (QED) is 0.684. The highest BCUT2D eigenvalue weighted by Crippen LogP contribution is 2.26. The minimum atomic E-state index is 0.747. The molecule has 0 aliphatic rings. The lowest BCUT2D eigenvalue weighted by atomic mass is 10.1. The van der Waals surface area contributed by atoms with Gasteiger partial charge in [0.15, 0.2) is 0 Å². The molecule has 0 unspecified atom stereocenters. The summed E-state index contributed by atoms with van der Waals surface area (Å²) in [6.45, 7) is 0. The van der Waals surface area contributed by atoms with E-state index in [1.165, 1.54) is 0 Å². The summed E-state index contributed by atoms with van der Waals surface area (Å²) < 4.78 is 0. The molecule has 0 saturated heterocycles. The third-order valence-corrected chi connectivity index (χ3v) is 2.57. The summed E-state index contributed by atoms with van der Waals surface area (Å²) in [6.07, 6.45) is 5.17. The fourth-order valence-electron chi connectivity index (χ4n) is 1.75. The summed E-state index contributed by atoms with van der Waals surface area (Å²) in [4.78, 5) is 8.64. The second-order valence-electron chi connectivity index (χ2n) is 3.72. The SMILES string of the molecule is c1ccc(-c2ccnnc2-c2ccccn2)nc1. The van der Waals surface area contributed by atoms with Gasteiger partial charge in [-0.25, -0.2) is 0 Å². The van der Waals surface area contributed by atoms with E-state index < -0.39 is 0 Å². The fraction of sp³-hybridized carbons (Fsp3) is 0.